The van der Waals surface area contributed by atoms with Gasteiger partial charge >= 0.3 is 5.97 Å². The number of fused-ring (bicyclic) bond motifs is 1. The molecule has 0 saturated heterocycles. The summed E-state index contributed by atoms with van der Waals surface area (Å²) in [5.41, 5.74) is 4.40. The first kappa shape index (κ1) is 29.8. The van der Waals surface area contributed by atoms with Gasteiger partial charge in [-0.15, -0.1) is 0 Å². The number of benzene rings is 3. The fourth-order valence-corrected chi connectivity index (χ4v) is 6.37. The Morgan fingerprint density at radius 3 is 2.47 bits per heavy atom. The van der Waals surface area contributed by atoms with Gasteiger partial charge in [0.25, 0.3) is 11.5 Å². The molecule has 1 amide bonds. The zero-order chi connectivity index (χ0) is 31.7. The van der Waals surface area contributed by atoms with Gasteiger partial charge in [-0.05, 0) is 60.4 Å². The predicted octanol–water partition coefficient (Wildman–Crippen LogP) is 6.04. The molecule has 5 aromatic rings. The molecule has 0 bridgehead atoms. The van der Waals surface area contributed by atoms with E-state index in [9.17, 15) is 14.4 Å². The van der Waals surface area contributed by atoms with Crippen LogP contribution in [0.3, 0.4) is 0 Å². The molecule has 3 aromatic carbocycles. The minimum Gasteiger partial charge on any atom is -0.465 e. The highest BCUT2D eigenvalue weighted by Crippen LogP contribution is 2.32. The first-order valence-corrected chi connectivity index (χ1v) is 15.3. The number of furan rings is 1. The fraction of sp³-hybridized carbons (Fsp3) is 0.167. The van der Waals surface area contributed by atoms with Crippen LogP contribution in [0.15, 0.2) is 116 Å². The van der Waals surface area contributed by atoms with Crippen LogP contribution < -0.4 is 20.2 Å². The van der Waals surface area contributed by atoms with Gasteiger partial charge in [-0.25, -0.2) is 9.79 Å². The molecule has 3 heterocycles. The first-order valence-electron chi connectivity index (χ1n) is 14.5. The Morgan fingerprint density at radius 2 is 1.76 bits per heavy atom. The van der Waals surface area contributed by atoms with Crippen molar-refractivity contribution in [1.29, 1.82) is 0 Å². The van der Waals surface area contributed by atoms with Crippen molar-refractivity contribution in [1.82, 2.24) is 4.57 Å². The first-order chi connectivity index (χ1) is 21.7. The number of nitrogens with zero attached hydrogens (tertiary/aromatic N) is 2. The maximum Gasteiger partial charge on any atom is 0.337 e. The number of carbonyl (C=O) groups is 2. The molecule has 45 heavy (non-hydrogen) atoms. The lowest BCUT2D eigenvalue weighted by atomic mass is 9.93. The van der Waals surface area contributed by atoms with E-state index in [-0.39, 0.29) is 11.5 Å². The summed E-state index contributed by atoms with van der Waals surface area (Å²) in [6.45, 7) is 6.04. The smallest absolute Gasteiger partial charge is 0.337 e. The average Bonchev–Trinajstić information content (AvgIpc) is 3.64. The Morgan fingerprint density at radius 1 is 1.00 bits per heavy atom. The third-order valence-corrected chi connectivity index (χ3v) is 8.67. The second kappa shape index (κ2) is 12.4. The van der Waals surface area contributed by atoms with Gasteiger partial charge in [0.2, 0.25) is 0 Å². The van der Waals surface area contributed by atoms with E-state index >= 15 is 0 Å². The number of para-hydroxylation sites is 1. The third-order valence-electron chi connectivity index (χ3n) is 7.69. The Bertz CT molecular complexity index is 2120. The van der Waals surface area contributed by atoms with Crippen LogP contribution in [-0.2, 0) is 9.53 Å². The molecular formula is C36H31N3O5S. The molecule has 2 aromatic heterocycles. The molecule has 0 aliphatic carbocycles. The highest BCUT2D eigenvalue weighted by molar-refractivity contribution is 7.07. The molecule has 1 aliphatic heterocycles. The Balaban J connectivity index is 1.43. The third kappa shape index (κ3) is 5.94. The lowest BCUT2D eigenvalue weighted by Crippen LogP contribution is -2.40. The monoisotopic (exact) mass is 617 g/mol. The normalized spacial score (nSPS) is 14.7. The molecule has 1 unspecified atom stereocenters. The number of allylic oxidation sites excluding steroid dienone is 1. The second-order valence-electron chi connectivity index (χ2n) is 11.0. The Hall–Kier alpha value is -5.28. The average molecular weight is 618 g/mol. The van der Waals surface area contributed by atoms with Crippen molar-refractivity contribution in [3.63, 3.8) is 0 Å². The maximum absolute atomic E-state index is 14.1. The van der Waals surface area contributed by atoms with Gasteiger partial charge in [-0.1, -0.05) is 79.8 Å². The number of esters is 1. The van der Waals surface area contributed by atoms with Crippen LogP contribution in [0.5, 0.6) is 0 Å². The van der Waals surface area contributed by atoms with E-state index in [0.29, 0.717) is 54.9 Å². The number of hydrogen-bond acceptors (Lipinski definition) is 7. The minimum atomic E-state index is -0.679. The number of amides is 1. The molecule has 1 aliphatic rings. The molecule has 1 atom stereocenters. The van der Waals surface area contributed by atoms with Crippen molar-refractivity contribution in [2.24, 2.45) is 4.99 Å². The van der Waals surface area contributed by atoms with E-state index in [1.807, 2.05) is 60.7 Å². The van der Waals surface area contributed by atoms with E-state index in [4.69, 9.17) is 14.1 Å². The van der Waals surface area contributed by atoms with E-state index in [2.05, 4.69) is 19.2 Å². The van der Waals surface area contributed by atoms with Gasteiger partial charge in [0.05, 0.1) is 34.5 Å². The Labute approximate surface area is 263 Å². The lowest BCUT2D eigenvalue weighted by Gasteiger charge is -2.25. The van der Waals surface area contributed by atoms with E-state index in [1.54, 1.807) is 47.9 Å². The van der Waals surface area contributed by atoms with Crippen LogP contribution >= 0.6 is 11.3 Å². The zero-order valence-electron chi connectivity index (χ0n) is 25.2. The quantitative estimate of drug-likeness (QED) is 0.224. The summed E-state index contributed by atoms with van der Waals surface area (Å²) in [6.07, 6.45) is 1.68. The second-order valence-corrected chi connectivity index (χ2v) is 12.0. The number of aromatic nitrogens is 1. The van der Waals surface area contributed by atoms with Gasteiger partial charge in [-0.3, -0.25) is 14.2 Å². The van der Waals surface area contributed by atoms with Gasteiger partial charge in [0, 0.05) is 17.3 Å². The van der Waals surface area contributed by atoms with E-state index in [1.165, 1.54) is 18.4 Å². The number of thiazole rings is 1. The molecule has 9 heteroatoms. The van der Waals surface area contributed by atoms with Crippen LogP contribution in [0.4, 0.5) is 5.69 Å². The summed E-state index contributed by atoms with van der Waals surface area (Å²) in [4.78, 5) is 45.1. The fourth-order valence-electron chi connectivity index (χ4n) is 5.34. The molecule has 6 rings (SSSR count). The summed E-state index contributed by atoms with van der Waals surface area (Å²) < 4.78 is 12.9. The number of rotatable bonds is 7. The van der Waals surface area contributed by atoms with Gasteiger partial charge in [0.15, 0.2) is 4.80 Å². The minimum absolute atomic E-state index is 0.278. The summed E-state index contributed by atoms with van der Waals surface area (Å²) in [6, 6.07) is 27.1. The lowest BCUT2D eigenvalue weighted by molar-refractivity contribution is -0.113. The molecule has 226 valence electrons. The number of ether oxygens (including phenoxy) is 1. The highest BCUT2D eigenvalue weighted by Gasteiger charge is 2.32. The van der Waals surface area contributed by atoms with Crippen LogP contribution in [0, 0.1) is 0 Å². The van der Waals surface area contributed by atoms with Crippen molar-refractivity contribution >= 4 is 35.0 Å². The van der Waals surface area contributed by atoms with Gasteiger partial charge in [-0.2, -0.15) is 0 Å². The van der Waals surface area contributed by atoms with Crippen molar-refractivity contribution in [3.05, 3.63) is 144 Å². The Kier molecular flexibility index (Phi) is 8.19. The summed E-state index contributed by atoms with van der Waals surface area (Å²) in [5.74, 6) is 0.581. The summed E-state index contributed by atoms with van der Waals surface area (Å²) in [5, 5.41) is 2.98. The van der Waals surface area contributed by atoms with Crippen LogP contribution in [0.2, 0.25) is 0 Å². The molecular weight excluding hydrogens is 586 g/mol. The standard InChI is InChI=1S/C36H31N3O5S/c1-21(2)23-13-15-24(16-14-23)32-31(33(40)38-27-11-6-5-7-12-27)22(3)37-36-39(32)34(41)30(45-36)20-28-17-18-29(44-28)25-9-8-10-26(19-25)35(42)43-4/h5-21,32H,1-4H3,(H,38,40)/b30-20-. The largest absolute Gasteiger partial charge is 0.465 e. The topological polar surface area (TPSA) is 103 Å². The number of hydrogen-bond donors (Lipinski definition) is 1. The predicted molar refractivity (Wildman–Crippen MR) is 175 cm³/mol. The van der Waals surface area contributed by atoms with Crippen LogP contribution in [0.1, 0.15) is 60.0 Å². The number of carbonyl (C=O) groups excluding carboxylic acids is 2. The number of methoxy groups -OCH3 is 1. The van der Waals surface area contributed by atoms with E-state index in [0.717, 1.165) is 11.1 Å². The summed E-state index contributed by atoms with van der Waals surface area (Å²) in [7, 11) is 1.33. The molecule has 0 fully saturated rings. The maximum atomic E-state index is 14.1. The van der Waals surface area contributed by atoms with Crippen molar-refractivity contribution < 1.29 is 18.7 Å². The molecule has 0 spiro atoms. The van der Waals surface area contributed by atoms with Gasteiger partial charge in [0.1, 0.15) is 11.5 Å². The van der Waals surface area contributed by atoms with Crippen molar-refractivity contribution in [3.8, 4) is 11.3 Å². The van der Waals surface area contributed by atoms with E-state index < -0.39 is 12.0 Å². The SMILES string of the molecule is COC(=O)c1cccc(-c2ccc(/C=c3\sc4n(c3=O)C(c3ccc(C(C)C)cc3)C(C(=O)Nc3ccccc3)=C(C)N=4)o2)c1. The molecule has 1 N–H and O–H groups in total. The number of anilines is 1. The zero-order valence-corrected chi connectivity index (χ0v) is 26.1. The van der Waals surface area contributed by atoms with Crippen LogP contribution in [-0.4, -0.2) is 23.6 Å². The molecule has 0 radical (unpaired) electrons. The van der Waals surface area contributed by atoms with Gasteiger partial charge < -0.3 is 14.5 Å². The molecule has 0 saturated carbocycles. The number of nitrogens with one attached hydrogen (secondary N) is 1. The van der Waals surface area contributed by atoms with Crippen LogP contribution in [0.25, 0.3) is 17.4 Å². The molecule has 8 nitrogen and oxygen atoms in total. The summed E-state index contributed by atoms with van der Waals surface area (Å²) >= 11 is 1.24. The highest BCUT2D eigenvalue weighted by atomic mass is 32.1. The van der Waals surface area contributed by atoms with Crippen molar-refractivity contribution in [2.45, 2.75) is 32.7 Å². The van der Waals surface area contributed by atoms with Crippen molar-refractivity contribution in [2.75, 3.05) is 12.4 Å².